The van der Waals surface area contributed by atoms with E-state index in [2.05, 4.69) is 15.3 Å². The van der Waals surface area contributed by atoms with Gasteiger partial charge in [0.2, 0.25) is 11.8 Å². The molecule has 4 aliphatic rings. The highest BCUT2D eigenvalue weighted by Crippen LogP contribution is 2.51. The van der Waals surface area contributed by atoms with E-state index in [4.69, 9.17) is 0 Å². The molecule has 5 rings (SSSR count). The summed E-state index contributed by atoms with van der Waals surface area (Å²) in [6.45, 7) is 1.51. The van der Waals surface area contributed by atoms with Gasteiger partial charge in [-0.15, -0.1) is 0 Å². The third kappa shape index (κ3) is 2.71. The van der Waals surface area contributed by atoms with Crippen molar-refractivity contribution in [1.82, 2.24) is 20.2 Å². The van der Waals surface area contributed by atoms with E-state index in [1.807, 2.05) is 4.90 Å². The van der Waals surface area contributed by atoms with E-state index in [0.717, 1.165) is 31.5 Å². The lowest BCUT2D eigenvalue weighted by molar-refractivity contribution is -0.146. The van der Waals surface area contributed by atoms with Gasteiger partial charge in [-0.25, -0.2) is 9.97 Å². The predicted octanol–water partition coefficient (Wildman–Crippen LogP) is 0.926. The lowest BCUT2D eigenvalue weighted by atomic mass is 9.72. The van der Waals surface area contributed by atoms with E-state index in [1.54, 1.807) is 12.4 Å². The van der Waals surface area contributed by atoms with Gasteiger partial charge >= 0.3 is 0 Å². The fourth-order valence-corrected chi connectivity index (χ4v) is 3.90. The number of hydrogen-bond donors (Lipinski definition) is 1. The second kappa shape index (κ2) is 5.58. The van der Waals surface area contributed by atoms with Gasteiger partial charge < -0.3 is 10.2 Å². The minimum absolute atomic E-state index is 0.0644. The Morgan fingerprint density at radius 1 is 1.26 bits per heavy atom. The van der Waals surface area contributed by atoms with Crippen LogP contribution < -0.4 is 5.32 Å². The van der Waals surface area contributed by atoms with Crippen LogP contribution >= 0.6 is 0 Å². The molecule has 0 spiro atoms. The average Bonchev–Trinajstić information content (AvgIpc) is 3.18. The molecule has 122 valence electrons. The van der Waals surface area contributed by atoms with E-state index >= 15 is 0 Å². The Labute approximate surface area is 135 Å². The monoisotopic (exact) mass is 314 g/mol. The van der Waals surface area contributed by atoms with Gasteiger partial charge in [0.15, 0.2) is 0 Å². The zero-order valence-corrected chi connectivity index (χ0v) is 13.2. The maximum absolute atomic E-state index is 12.6. The number of carbonyl (C=O) groups excluding carboxylic acids is 2. The minimum Gasteiger partial charge on any atom is -0.354 e. The lowest BCUT2D eigenvalue weighted by Crippen LogP contribution is -2.59. The van der Waals surface area contributed by atoms with Crippen molar-refractivity contribution < 1.29 is 9.59 Å². The van der Waals surface area contributed by atoms with Crippen LogP contribution in [0.2, 0.25) is 0 Å². The maximum Gasteiger partial charge on any atom is 0.246 e. The molecule has 0 radical (unpaired) electrons. The molecular formula is C17H22N4O2. The fraction of sp³-hybridized carbons (Fsp3) is 0.647. The van der Waals surface area contributed by atoms with Crippen molar-refractivity contribution in [2.24, 2.45) is 11.8 Å². The highest BCUT2D eigenvalue weighted by molar-refractivity contribution is 5.93. The van der Waals surface area contributed by atoms with E-state index in [0.29, 0.717) is 24.7 Å². The minimum atomic E-state index is -0.552. The van der Waals surface area contributed by atoms with Crippen LogP contribution in [-0.2, 0) is 16.0 Å². The van der Waals surface area contributed by atoms with Gasteiger partial charge in [-0.1, -0.05) is 0 Å². The van der Waals surface area contributed by atoms with Crippen molar-refractivity contribution in [3.05, 3.63) is 24.3 Å². The van der Waals surface area contributed by atoms with Crippen molar-refractivity contribution in [1.29, 1.82) is 0 Å². The zero-order chi connectivity index (χ0) is 15.9. The molecule has 6 heteroatoms. The smallest absolute Gasteiger partial charge is 0.246 e. The second-order valence-corrected chi connectivity index (χ2v) is 7.21. The summed E-state index contributed by atoms with van der Waals surface area (Å²) in [6.07, 6.45) is 10.1. The van der Waals surface area contributed by atoms with Crippen LogP contribution in [0.1, 0.15) is 37.7 Å². The molecule has 0 unspecified atom stereocenters. The zero-order valence-electron chi connectivity index (χ0n) is 13.2. The van der Waals surface area contributed by atoms with Crippen molar-refractivity contribution in [2.75, 3.05) is 13.1 Å². The van der Waals surface area contributed by atoms with Crippen LogP contribution in [0.5, 0.6) is 0 Å². The van der Waals surface area contributed by atoms with Crippen molar-refractivity contribution in [3.8, 4) is 0 Å². The highest BCUT2D eigenvalue weighted by atomic mass is 16.2. The Morgan fingerprint density at radius 2 is 2.00 bits per heavy atom. The summed E-state index contributed by atoms with van der Waals surface area (Å²) in [4.78, 5) is 35.0. The Kier molecular flexibility index (Phi) is 3.54. The predicted molar refractivity (Wildman–Crippen MR) is 83.3 cm³/mol. The first kappa shape index (κ1) is 14.6. The molecule has 2 amide bonds. The SMILES string of the molecule is O=C(CCc1cncnc1)N1CC2CC1(C(=O)NCC1CC1)C2. The van der Waals surface area contributed by atoms with Crippen LogP contribution in [-0.4, -0.2) is 45.3 Å². The van der Waals surface area contributed by atoms with Crippen LogP contribution in [0.4, 0.5) is 0 Å². The van der Waals surface area contributed by atoms with E-state index in [9.17, 15) is 9.59 Å². The molecule has 1 aromatic rings. The standard InChI is InChI=1S/C17H22N4O2/c22-15(4-3-13-7-18-11-19-8-13)21-10-14-5-17(21,6-14)16(23)20-9-12-1-2-12/h7-8,11-12,14H,1-6,9-10H2,(H,20,23). The Hall–Kier alpha value is -1.98. The molecule has 6 nitrogen and oxygen atoms in total. The number of rotatable bonds is 6. The number of nitrogens with zero attached hydrogens (tertiary/aromatic N) is 3. The number of hydrogen-bond acceptors (Lipinski definition) is 4. The summed E-state index contributed by atoms with van der Waals surface area (Å²) < 4.78 is 0. The van der Waals surface area contributed by atoms with Crippen molar-refractivity contribution in [3.63, 3.8) is 0 Å². The Balaban J connectivity index is 1.37. The van der Waals surface area contributed by atoms with Crippen LogP contribution in [0.15, 0.2) is 18.7 Å². The number of amides is 2. The molecule has 23 heavy (non-hydrogen) atoms. The van der Waals surface area contributed by atoms with Crippen molar-refractivity contribution >= 4 is 11.8 Å². The van der Waals surface area contributed by atoms with Gasteiger partial charge in [0.1, 0.15) is 11.9 Å². The van der Waals surface area contributed by atoms with E-state index in [-0.39, 0.29) is 11.8 Å². The van der Waals surface area contributed by atoms with Crippen LogP contribution in [0, 0.1) is 11.8 Å². The quantitative estimate of drug-likeness (QED) is 0.847. The highest BCUT2D eigenvalue weighted by Gasteiger charge is 2.62. The molecule has 4 fully saturated rings. The summed E-state index contributed by atoms with van der Waals surface area (Å²) in [5, 5.41) is 3.07. The normalized spacial score (nSPS) is 28.3. The van der Waals surface area contributed by atoms with Gasteiger partial charge in [0, 0.05) is 31.9 Å². The largest absolute Gasteiger partial charge is 0.354 e. The van der Waals surface area contributed by atoms with Gasteiger partial charge in [0.05, 0.1) is 0 Å². The summed E-state index contributed by atoms with van der Waals surface area (Å²) in [6, 6.07) is 0. The van der Waals surface area contributed by atoms with E-state index in [1.165, 1.54) is 19.2 Å². The first-order valence-corrected chi connectivity index (χ1v) is 8.50. The second-order valence-electron chi connectivity index (χ2n) is 7.21. The van der Waals surface area contributed by atoms with E-state index < -0.39 is 5.54 Å². The molecule has 2 aliphatic heterocycles. The summed E-state index contributed by atoms with van der Waals surface area (Å²) in [5.74, 6) is 1.31. The lowest BCUT2D eigenvalue weighted by Gasteiger charge is -2.40. The average molecular weight is 314 g/mol. The molecule has 2 bridgehead atoms. The van der Waals surface area contributed by atoms with Crippen LogP contribution in [0.3, 0.4) is 0 Å². The third-order valence-electron chi connectivity index (χ3n) is 5.42. The number of aromatic nitrogens is 2. The molecule has 1 aromatic heterocycles. The molecule has 0 aromatic carbocycles. The number of nitrogens with one attached hydrogen (secondary N) is 1. The molecule has 3 heterocycles. The summed E-state index contributed by atoms with van der Waals surface area (Å²) in [5.41, 5.74) is 0.406. The Bertz CT molecular complexity index is 608. The summed E-state index contributed by atoms with van der Waals surface area (Å²) >= 11 is 0. The first-order chi connectivity index (χ1) is 11.2. The Morgan fingerprint density at radius 3 is 2.70 bits per heavy atom. The van der Waals surface area contributed by atoms with Gasteiger partial charge in [-0.05, 0) is 49.5 Å². The van der Waals surface area contributed by atoms with Gasteiger partial charge in [0.25, 0.3) is 0 Å². The van der Waals surface area contributed by atoms with Crippen LogP contribution in [0.25, 0.3) is 0 Å². The van der Waals surface area contributed by atoms with Crippen molar-refractivity contribution in [2.45, 2.75) is 44.1 Å². The third-order valence-corrected chi connectivity index (χ3v) is 5.42. The summed E-state index contributed by atoms with van der Waals surface area (Å²) in [7, 11) is 0. The van der Waals surface area contributed by atoms with Gasteiger partial charge in [-0.2, -0.15) is 0 Å². The molecular weight excluding hydrogens is 292 g/mol. The first-order valence-electron chi connectivity index (χ1n) is 8.50. The topological polar surface area (TPSA) is 75.2 Å². The number of carbonyl (C=O) groups is 2. The number of aryl methyl sites for hydroxylation is 1. The molecule has 1 N–H and O–H groups in total. The molecule has 2 aliphatic carbocycles. The molecule has 2 saturated heterocycles. The van der Waals surface area contributed by atoms with Gasteiger partial charge in [-0.3, -0.25) is 9.59 Å². The number of fused-ring (bicyclic) bond motifs is 1. The molecule has 0 atom stereocenters. The maximum atomic E-state index is 12.6. The molecule has 2 saturated carbocycles. The fourth-order valence-electron chi connectivity index (χ4n) is 3.90.